The van der Waals surface area contributed by atoms with Crippen LogP contribution < -0.4 is 10.1 Å². The summed E-state index contributed by atoms with van der Waals surface area (Å²) in [6.45, 7) is 5.82. The topological polar surface area (TPSA) is 64.1 Å². The number of anilines is 1. The number of methoxy groups -OCH3 is 1. The average molecular weight is 331 g/mol. The molecule has 122 valence electrons. The van der Waals surface area contributed by atoms with E-state index in [1.165, 1.54) is 11.8 Å². The molecule has 1 N–H and O–H groups in total. The first kappa shape index (κ1) is 17.3. The number of rotatable bonds is 6. The Morgan fingerprint density at radius 3 is 2.52 bits per heavy atom. The number of para-hydroxylation sites is 2. The van der Waals surface area contributed by atoms with Crippen LogP contribution in [0.25, 0.3) is 0 Å². The number of aromatic nitrogens is 2. The fourth-order valence-corrected chi connectivity index (χ4v) is 3.14. The SMILES string of the molecule is CC[C@H](Sc1nc(C)cc(C)n1)C(=O)Nc1ccccc1OC. The Balaban J connectivity index is 2.12. The number of benzene rings is 1. The summed E-state index contributed by atoms with van der Waals surface area (Å²) in [6.07, 6.45) is 0.683. The van der Waals surface area contributed by atoms with Gasteiger partial charge in [-0.25, -0.2) is 9.97 Å². The smallest absolute Gasteiger partial charge is 0.238 e. The summed E-state index contributed by atoms with van der Waals surface area (Å²) in [5, 5.41) is 3.29. The first-order valence-corrected chi connectivity index (χ1v) is 8.34. The van der Waals surface area contributed by atoms with Gasteiger partial charge in [0.2, 0.25) is 5.91 Å². The maximum Gasteiger partial charge on any atom is 0.238 e. The molecule has 0 aliphatic heterocycles. The first-order valence-electron chi connectivity index (χ1n) is 7.46. The molecule has 1 aromatic carbocycles. The average Bonchev–Trinajstić information content (AvgIpc) is 2.52. The van der Waals surface area contributed by atoms with Crippen molar-refractivity contribution in [2.45, 2.75) is 37.6 Å². The summed E-state index contributed by atoms with van der Waals surface area (Å²) in [7, 11) is 1.58. The van der Waals surface area contributed by atoms with Gasteiger partial charge in [-0.3, -0.25) is 4.79 Å². The molecule has 0 fully saturated rings. The second-order valence-electron chi connectivity index (χ2n) is 5.14. The molecule has 0 saturated carbocycles. The summed E-state index contributed by atoms with van der Waals surface area (Å²) in [5.41, 5.74) is 2.47. The number of hydrogen-bond acceptors (Lipinski definition) is 5. The van der Waals surface area contributed by atoms with Crippen LogP contribution in [0.5, 0.6) is 5.75 Å². The van der Waals surface area contributed by atoms with E-state index >= 15 is 0 Å². The van der Waals surface area contributed by atoms with Gasteiger partial charge in [-0.15, -0.1) is 0 Å². The van der Waals surface area contributed by atoms with E-state index in [1.807, 2.05) is 51.1 Å². The highest BCUT2D eigenvalue weighted by Gasteiger charge is 2.20. The molecule has 2 aromatic rings. The van der Waals surface area contributed by atoms with Crippen molar-refractivity contribution < 1.29 is 9.53 Å². The van der Waals surface area contributed by atoms with Crippen molar-refractivity contribution in [3.8, 4) is 5.75 Å². The van der Waals surface area contributed by atoms with Crippen LogP contribution in [0.1, 0.15) is 24.7 Å². The zero-order valence-electron chi connectivity index (χ0n) is 13.8. The van der Waals surface area contributed by atoms with Crippen LogP contribution in [0, 0.1) is 13.8 Å². The van der Waals surface area contributed by atoms with E-state index in [0.717, 1.165) is 11.4 Å². The van der Waals surface area contributed by atoms with Gasteiger partial charge in [0.05, 0.1) is 18.0 Å². The number of carbonyl (C=O) groups excluding carboxylic acids is 1. The Kier molecular flexibility index (Phi) is 5.98. The van der Waals surface area contributed by atoms with Crippen LogP contribution in [-0.2, 0) is 4.79 Å². The van der Waals surface area contributed by atoms with Gasteiger partial charge in [0.15, 0.2) is 5.16 Å². The van der Waals surface area contributed by atoms with Gasteiger partial charge in [-0.1, -0.05) is 30.8 Å². The lowest BCUT2D eigenvalue weighted by Gasteiger charge is -2.15. The lowest BCUT2D eigenvalue weighted by atomic mass is 10.2. The van der Waals surface area contributed by atoms with Crippen LogP contribution in [0.4, 0.5) is 5.69 Å². The van der Waals surface area contributed by atoms with E-state index in [-0.39, 0.29) is 11.2 Å². The number of thioether (sulfide) groups is 1. The fourth-order valence-electron chi connectivity index (χ4n) is 2.16. The molecule has 1 amide bonds. The largest absolute Gasteiger partial charge is 0.495 e. The van der Waals surface area contributed by atoms with E-state index in [2.05, 4.69) is 15.3 Å². The number of amides is 1. The standard InChI is InChI=1S/C17H21N3O2S/c1-5-15(23-17-18-11(2)10-12(3)19-17)16(21)20-13-8-6-7-9-14(13)22-4/h6-10,15H,5H2,1-4H3,(H,20,21)/t15-/m0/s1. The monoisotopic (exact) mass is 331 g/mol. The lowest BCUT2D eigenvalue weighted by molar-refractivity contribution is -0.115. The van der Waals surface area contributed by atoms with Crippen molar-refractivity contribution in [3.63, 3.8) is 0 Å². The highest BCUT2D eigenvalue weighted by molar-refractivity contribution is 8.00. The van der Waals surface area contributed by atoms with Crippen molar-refractivity contribution >= 4 is 23.4 Å². The quantitative estimate of drug-likeness (QED) is 0.647. The number of aryl methyl sites for hydroxylation is 2. The van der Waals surface area contributed by atoms with Crippen molar-refractivity contribution in [2.75, 3.05) is 12.4 Å². The van der Waals surface area contributed by atoms with E-state index in [1.54, 1.807) is 7.11 Å². The van der Waals surface area contributed by atoms with Crippen LogP contribution in [0.15, 0.2) is 35.5 Å². The Morgan fingerprint density at radius 2 is 1.91 bits per heavy atom. The zero-order valence-corrected chi connectivity index (χ0v) is 14.6. The number of carbonyl (C=O) groups is 1. The number of nitrogens with zero attached hydrogens (tertiary/aromatic N) is 2. The van der Waals surface area contributed by atoms with E-state index in [9.17, 15) is 4.79 Å². The summed E-state index contributed by atoms with van der Waals surface area (Å²) in [6, 6.07) is 9.28. The van der Waals surface area contributed by atoms with Crippen LogP contribution in [0.2, 0.25) is 0 Å². The first-order chi connectivity index (χ1) is 11.0. The molecular formula is C17H21N3O2S. The van der Waals surface area contributed by atoms with E-state index in [4.69, 9.17) is 4.74 Å². The Labute approximate surface area is 140 Å². The highest BCUT2D eigenvalue weighted by atomic mass is 32.2. The molecule has 0 unspecified atom stereocenters. The maximum atomic E-state index is 12.5. The third-order valence-electron chi connectivity index (χ3n) is 3.24. The predicted molar refractivity (Wildman–Crippen MR) is 93.1 cm³/mol. The fraction of sp³-hybridized carbons (Fsp3) is 0.353. The third-order valence-corrected chi connectivity index (χ3v) is 4.46. The molecule has 23 heavy (non-hydrogen) atoms. The molecule has 0 saturated heterocycles. The van der Waals surface area contributed by atoms with E-state index < -0.39 is 0 Å². The summed E-state index contributed by atoms with van der Waals surface area (Å²) < 4.78 is 5.26. The molecular weight excluding hydrogens is 310 g/mol. The minimum absolute atomic E-state index is 0.0789. The number of nitrogens with one attached hydrogen (secondary N) is 1. The maximum absolute atomic E-state index is 12.5. The normalized spacial score (nSPS) is 11.8. The lowest BCUT2D eigenvalue weighted by Crippen LogP contribution is -2.25. The highest BCUT2D eigenvalue weighted by Crippen LogP contribution is 2.27. The van der Waals surface area contributed by atoms with Gasteiger partial charge in [-0.2, -0.15) is 0 Å². The van der Waals surface area contributed by atoms with Crippen LogP contribution in [-0.4, -0.2) is 28.2 Å². The van der Waals surface area contributed by atoms with Crippen LogP contribution in [0.3, 0.4) is 0 Å². The second-order valence-corrected chi connectivity index (χ2v) is 6.31. The molecule has 1 heterocycles. The van der Waals surface area contributed by atoms with Crippen molar-refractivity contribution in [2.24, 2.45) is 0 Å². The summed E-state index contributed by atoms with van der Waals surface area (Å²) in [4.78, 5) is 21.3. The van der Waals surface area contributed by atoms with Gasteiger partial charge in [0.25, 0.3) is 0 Å². The van der Waals surface area contributed by atoms with E-state index in [0.29, 0.717) is 23.0 Å². The number of hydrogen-bond donors (Lipinski definition) is 1. The Hall–Kier alpha value is -2.08. The molecule has 1 aromatic heterocycles. The third kappa shape index (κ3) is 4.69. The molecule has 0 bridgehead atoms. The van der Waals surface area contributed by atoms with Gasteiger partial charge < -0.3 is 10.1 Å². The van der Waals surface area contributed by atoms with Gasteiger partial charge in [0.1, 0.15) is 5.75 Å². The summed E-state index contributed by atoms with van der Waals surface area (Å²) in [5.74, 6) is 0.563. The molecule has 0 spiro atoms. The molecule has 0 radical (unpaired) electrons. The summed E-state index contributed by atoms with van der Waals surface area (Å²) >= 11 is 1.38. The van der Waals surface area contributed by atoms with Gasteiger partial charge >= 0.3 is 0 Å². The minimum atomic E-state index is -0.263. The molecule has 1 atom stereocenters. The molecule has 5 nitrogen and oxygen atoms in total. The molecule has 0 aliphatic rings. The zero-order chi connectivity index (χ0) is 16.8. The van der Waals surface area contributed by atoms with Crippen molar-refractivity contribution in [1.29, 1.82) is 0 Å². The number of ether oxygens (including phenoxy) is 1. The Bertz CT molecular complexity index is 671. The van der Waals surface area contributed by atoms with Crippen LogP contribution >= 0.6 is 11.8 Å². The molecule has 0 aliphatic carbocycles. The van der Waals surface area contributed by atoms with Crippen molar-refractivity contribution in [1.82, 2.24) is 9.97 Å². The Morgan fingerprint density at radius 1 is 1.26 bits per heavy atom. The van der Waals surface area contributed by atoms with Crippen molar-refractivity contribution in [3.05, 3.63) is 41.7 Å². The second kappa shape index (κ2) is 7.97. The molecule has 2 rings (SSSR count). The van der Waals surface area contributed by atoms with Gasteiger partial charge in [0, 0.05) is 11.4 Å². The predicted octanol–water partition coefficient (Wildman–Crippen LogP) is 3.61. The minimum Gasteiger partial charge on any atom is -0.495 e. The van der Waals surface area contributed by atoms with Gasteiger partial charge in [-0.05, 0) is 38.5 Å². The molecule has 6 heteroatoms.